The van der Waals surface area contributed by atoms with Crippen LogP contribution in [0.3, 0.4) is 0 Å². The van der Waals surface area contributed by atoms with Crippen molar-refractivity contribution in [1.29, 1.82) is 0 Å². The fourth-order valence-corrected chi connectivity index (χ4v) is 4.73. The van der Waals surface area contributed by atoms with Crippen molar-refractivity contribution in [2.75, 3.05) is 6.54 Å². The summed E-state index contributed by atoms with van der Waals surface area (Å²) in [5.41, 5.74) is 6.16. The molecule has 1 heterocycles. The van der Waals surface area contributed by atoms with Crippen LogP contribution in [0.5, 0.6) is 0 Å². The SMILES string of the molecule is CC(C)C(C)(C)c1ccc(C(c2ccc(C(C)(C)C(C)C)cc2)C2CCCCN2)cc1. The predicted octanol–water partition coefficient (Wildman–Crippen LogP) is 7.83. The molecular formula is C30H45N. The first kappa shape index (κ1) is 24.1. The first-order valence-electron chi connectivity index (χ1n) is 12.5. The molecule has 0 amide bonds. The molecule has 1 unspecified atom stereocenters. The van der Waals surface area contributed by atoms with Gasteiger partial charge in [-0.3, -0.25) is 0 Å². The fraction of sp³-hybridized carbons (Fsp3) is 0.600. The van der Waals surface area contributed by atoms with Crippen LogP contribution in [0.1, 0.15) is 103 Å². The molecule has 1 nitrogen and oxygen atoms in total. The fourth-order valence-electron chi connectivity index (χ4n) is 4.73. The highest BCUT2D eigenvalue weighted by Crippen LogP contribution is 2.37. The zero-order valence-corrected chi connectivity index (χ0v) is 21.3. The molecule has 1 atom stereocenters. The van der Waals surface area contributed by atoms with Crippen molar-refractivity contribution in [1.82, 2.24) is 5.32 Å². The Balaban J connectivity index is 1.96. The summed E-state index contributed by atoms with van der Waals surface area (Å²) in [6, 6.07) is 19.6. The van der Waals surface area contributed by atoms with Crippen molar-refractivity contribution < 1.29 is 0 Å². The summed E-state index contributed by atoms with van der Waals surface area (Å²) in [4.78, 5) is 0. The summed E-state index contributed by atoms with van der Waals surface area (Å²) in [6.07, 6.45) is 3.88. The molecule has 1 fully saturated rings. The molecule has 0 bridgehead atoms. The summed E-state index contributed by atoms with van der Waals surface area (Å²) in [7, 11) is 0. The Morgan fingerprint density at radius 3 is 1.42 bits per heavy atom. The Bertz CT molecular complexity index is 754. The van der Waals surface area contributed by atoms with Crippen molar-refractivity contribution >= 4 is 0 Å². The summed E-state index contributed by atoms with van der Waals surface area (Å²) in [5.74, 6) is 1.64. The third-order valence-electron chi connectivity index (χ3n) is 8.67. The number of rotatable bonds is 7. The Labute approximate surface area is 192 Å². The molecule has 0 radical (unpaired) electrons. The minimum Gasteiger partial charge on any atom is -0.313 e. The van der Waals surface area contributed by atoms with E-state index in [0.29, 0.717) is 23.8 Å². The summed E-state index contributed by atoms with van der Waals surface area (Å²) in [5, 5.41) is 3.84. The summed E-state index contributed by atoms with van der Waals surface area (Å²) in [6.45, 7) is 19.9. The standard InChI is InChI=1S/C30H45N/c1-21(2)29(5,6)25-16-12-23(13-17-25)28(27-11-9-10-20-31-27)24-14-18-26(19-15-24)30(7,8)22(3)4/h12-19,21-22,27-28,31H,9-11,20H2,1-8H3. The van der Waals surface area contributed by atoms with Crippen molar-refractivity contribution in [3.05, 3.63) is 70.8 Å². The second-order valence-corrected chi connectivity index (χ2v) is 11.5. The van der Waals surface area contributed by atoms with E-state index in [1.165, 1.54) is 41.5 Å². The zero-order chi connectivity index (χ0) is 22.8. The molecule has 1 heteroatoms. The largest absolute Gasteiger partial charge is 0.313 e. The highest BCUT2D eigenvalue weighted by atomic mass is 14.9. The highest BCUT2D eigenvalue weighted by molar-refractivity contribution is 5.40. The molecule has 1 N–H and O–H groups in total. The Hall–Kier alpha value is -1.60. The quantitative estimate of drug-likeness (QED) is 0.482. The minimum atomic E-state index is 0.196. The molecule has 2 aromatic carbocycles. The van der Waals surface area contributed by atoms with Gasteiger partial charge in [0.05, 0.1) is 0 Å². The number of nitrogens with one attached hydrogen (secondary N) is 1. The van der Waals surface area contributed by atoms with Gasteiger partial charge >= 0.3 is 0 Å². The van der Waals surface area contributed by atoms with Crippen LogP contribution in [-0.4, -0.2) is 12.6 Å². The first-order valence-corrected chi connectivity index (χ1v) is 12.5. The van der Waals surface area contributed by atoms with Crippen LogP contribution < -0.4 is 5.32 Å². The van der Waals surface area contributed by atoms with Crippen LogP contribution in [0.2, 0.25) is 0 Å². The predicted molar refractivity (Wildman–Crippen MR) is 136 cm³/mol. The van der Waals surface area contributed by atoms with E-state index in [9.17, 15) is 0 Å². The minimum absolute atomic E-state index is 0.196. The first-order chi connectivity index (χ1) is 14.5. The molecule has 31 heavy (non-hydrogen) atoms. The van der Waals surface area contributed by atoms with Gasteiger partial charge in [-0.05, 0) is 64.3 Å². The van der Waals surface area contributed by atoms with Gasteiger partial charge in [0.2, 0.25) is 0 Å². The van der Waals surface area contributed by atoms with E-state index >= 15 is 0 Å². The molecule has 1 aliphatic heterocycles. The molecule has 0 aromatic heterocycles. The number of benzene rings is 2. The van der Waals surface area contributed by atoms with Crippen LogP contribution in [0, 0.1) is 11.8 Å². The van der Waals surface area contributed by atoms with E-state index in [4.69, 9.17) is 0 Å². The lowest BCUT2D eigenvalue weighted by molar-refractivity contribution is 0.367. The van der Waals surface area contributed by atoms with Gasteiger partial charge in [-0.25, -0.2) is 0 Å². The van der Waals surface area contributed by atoms with Gasteiger partial charge < -0.3 is 5.32 Å². The van der Waals surface area contributed by atoms with Gasteiger partial charge in [0.25, 0.3) is 0 Å². The molecule has 0 spiro atoms. The Morgan fingerprint density at radius 2 is 1.10 bits per heavy atom. The number of hydrogen-bond donors (Lipinski definition) is 1. The van der Waals surface area contributed by atoms with Crippen molar-refractivity contribution in [2.45, 2.75) is 97.4 Å². The van der Waals surface area contributed by atoms with E-state index in [-0.39, 0.29) is 10.8 Å². The molecule has 0 aliphatic carbocycles. The number of hydrogen-bond acceptors (Lipinski definition) is 1. The van der Waals surface area contributed by atoms with E-state index in [1.807, 2.05) is 0 Å². The van der Waals surface area contributed by atoms with Gasteiger partial charge in [-0.1, -0.05) is 110 Å². The topological polar surface area (TPSA) is 12.0 Å². The molecular weight excluding hydrogens is 374 g/mol. The second-order valence-electron chi connectivity index (χ2n) is 11.5. The van der Waals surface area contributed by atoms with Gasteiger partial charge in [0, 0.05) is 12.0 Å². The van der Waals surface area contributed by atoms with Crippen LogP contribution in [0.4, 0.5) is 0 Å². The van der Waals surface area contributed by atoms with E-state index in [1.54, 1.807) is 0 Å². The smallest absolute Gasteiger partial charge is 0.0243 e. The molecule has 1 saturated heterocycles. The third kappa shape index (κ3) is 5.08. The number of piperidine rings is 1. The summed E-state index contributed by atoms with van der Waals surface area (Å²) >= 11 is 0. The van der Waals surface area contributed by atoms with Gasteiger partial charge in [0.1, 0.15) is 0 Å². The maximum Gasteiger partial charge on any atom is 0.0243 e. The molecule has 1 aliphatic rings. The van der Waals surface area contributed by atoms with Crippen LogP contribution >= 0.6 is 0 Å². The lowest BCUT2D eigenvalue weighted by atomic mass is 9.73. The maximum atomic E-state index is 3.84. The van der Waals surface area contributed by atoms with Crippen LogP contribution in [-0.2, 0) is 10.8 Å². The lowest BCUT2D eigenvalue weighted by Gasteiger charge is -2.34. The molecule has 0 saturated carbocycles. The van der Waals surface area contributed by atoms with Crippen molar-refractivity contribution in [3.8, 4) is 0 Å². The molecule has 2 aromatic rings. The van der Waals surface area contributed by atoms with Gasteiger partial charge in [-0.2, -0.15) is 0 Å². The van der Waals surface area contributed by atoms with Crippen molar-refractivity contribution in [3.63, 3.8) is 0 Å². The van der Waals surface area contributed by atoms with Crippen LogP contribution in [0.15, 0.2) is 48.5 Å². The van der Waals surface area contributed by atoms with Gasteiger partial charge in [-0.15, -0.1) is 0 Å². The van der Waals surface area contributed by atoms with Crippen LogP contribution in [0.25, 0.3) is 0 Å². The molecule has 170 valence electrons. The third-order valence-corrected chi connectivity index (χ3v) is 8.67. The van der Waals surface area contributed by atoms with E-state index in [0.717, 1.165) is 6.54 Å². The van der Waals surface area contributed by atoms with E-state index < -0.39 is 0 Å². The Kier molecular flexibility index (Phi) is 7.36. The Morgan fingerprint density at radius 1 is 0.677 bits per heavy atom. The molecule has 3 rings (SSSR count). The normalized spacial score (nSPS) is 18.2. The second kappa shape index (κ2) is 9.49. The summed E-state index contributed by atoms with van der Waals surface area (Å²) < 4.78 is 0. The van der Waals surface area contributed by atoms with E-state index in [2.05, 4.69) is 109 Å². The zero-order valence-electron chi connectivity index (χ0n) is 21.3. The maximum absolute atomic E-state index is 3.84. The highest BCUT2D eigenvalue weighted by Gasteiger charge is 2.30. The average Bonchev–Trinajstić information content (AvgIpc) is 2.75. The van der Waals surface area contributed by atoms with Gasteiger partial charge in [0.15, 0.2) is 0 Å². The monoisotopic (exact) mass is 419 g/mol. The lowest BCUT2D eigenvalue weighted by Crippen LogP contribution is -2.39. The average molecular weight is 420 g/mol. The van der Waals surface area contributed by atoms with Crippen molar-refractivity contribution in [2.24, 2.45) is 11.8 Å².